The summed E-state index contributed by atoms with van der Waals surface area (Å²) in [6.07, 6.45) is 3.96. The summed E-state index contributed by atoms with van der Waals surface area (Å²) in [6, 6.07) is 5.28. The Morgan fingerprint density at radius 1 is 1.00 bits per heavy atom. The summed E-state index contributed by atoms with van der Waals surface area (Å²) in [5, 5.41) is 0. The molecule has 7 nitrogen and oxygen atoms in total. The Morgan fingerprint density at radius 3 is 1.74 bits per heavy atom. The molecule has 0 aromatic heterocycles. The highest BCUT2D eigenvalue weighted by atomic mass is 32.8. The van der Waals surface area contributed by atoms with Crippen LogP contribution in [0.4, 0.5) is 5.69 Å². The first-order valence-corrected chi connectivity index (χ1v) is 14.1. The Morgan fingerprint density at radius 2 is 1.41 bits per heavy atom. The van der Waals surface area contributed by atoms with Crippen LogP contribution in [0.2, 0.25) is 0 Å². The highest BCUT2D eigenvalue weighted by molar-refractivity contribution is 8.29. The first-order chi connectivity index (χ1) is 12.1. The summed E-state index contributed by atoms with van der Waals surface area (Å²) in [5.74, 6) is 0. The van der Waals surface area contributed by atoms with Crippen molar-refractivity contribution in [3.8, 4) is 0 Å². The fraction of sp³-hybridized carbons (Fsp3) is 0.625. The zero-order chi connectivity index (χ0) is 21.0. The van der Waals surface area contributed by atoms with Crippen molar-refractivity contribution in [3.05, 3.63) is 29.3 Å². The van der Waals surface area contributed by atoms with Gasteiger partial charge in [0, 0.05) is 24.0 Å². The first-order valence-electron chi connectivity index (χ1n) is 7.95. The van der Waals surface area contributed by atoms with E-state index < -0.39 is 20.2 Å². The minimum Gasteiger partial charge on any atom is -0.373 e. The second-order valence-electron chi connectivity index (χ2n) is 7.01. The zero-order valence-corrected chi connectivity index (χ0v) is 19.6. The molecule has 0 saturated carbocycles. The molecule has 11 heteroatoms. The number of rotatable bonds is 10. The minimum absolute atomic E-state index is 0.104. The molecule has 1 rings (SSSR count). The second kappa shape index (κ2) is 9.27. The largest absolute Gasteiger partial charge is 0.373 e. The number of nitrogens with zero attached hydrogens (tertiary/aromatic N) is 1. The van der Waals surface area contributed by atoms with E-state index in [1.807, 2.05) is 30.3 Å². The van der Waals surface area contributed by atoms with E-state index in [2.05, 4.69) is 13.8 Å². The number of anilines is 1. The lowest BCUT2D eigenvalue weighted by atomic mass is 10.1. The summed E-state index contributed by atoms with van der Waals surface area (Å²) in [6.45, 7) is 4.57. The maximum absolute atomic E-state index is 11.3. The average molecular weight is 458 g/mol. The molecule has 1 unspecified atom stereocenters. The average Bonchev–Trinajstić information content (AvgIpc) is 2.49. The van der Waals surface area contributed by atoms with Crippen molar-refractivity contribution in [2.24, 2.45) is 0 Å². The molecule has 0 bridgehead atoms. The molecule has 0 aliphatic carbocycles. The zero-order valence-electron chi connectivity index (χ0n) is 16.4. The SMILES string of the molecule is CN(CC(C)(C)S(C)=S)c1cc(COS(C)(=O)=O)cc(COS(C)(=O)=O)c1. The predicted octanol–water partition coefficient (Wildman–Crippen LogP) is 1.56. The quantitative estimate of drug-likeness (QED) is 0.489. The third kappa shape index (κ3) is 9.44. The van der Waals surface area contributed by atoms with Crippen molar-refractivity contribution in [3.63, 3.8) is 0 Å². The molecule has 1 atom stereocenters. The Bertz CT molecular complexity index is 839. The van der Waals surface area contributed by atoms with Crippen LogP contribution in [-0.2, 0) is 62.5 Å². The topological polar surface area (TPSA) is 90.0 Å². The highest BCUT2D eigenvalue weighted by Gasteiger charge is 2.22. The molecule has 0 fully saturated rings. The van der Waals surface area contributed by atoms with Gasteiger partial charge < -0.3 is 4.90 Å². The van der Waals surface area contributed by atoms with Crippen molar-refractivity contribution in [2.45, 2.75) is 31.8 Å². The van der Waals surface area contributed by atoms with Gasteiger partial charge in [-0.05, 0) is 43.4 Å². The number of benzene rings is 1. The van der Waals surface area contributed by atoms with Gasteiger partial charge in [-0.25, -0.2) is 0 Å². The van der Waals surface area contributed by atoms with E-state index in [0.29, 0.717) is 17.7 Å². The fourth-order valence-electron chi connectivity index (χ4n) is 2.23. The molecular weight excluding hydrogens is 430 g/mol. The van der Waals surface area contributed by atoms with Gasteiger partial charge in [0.05, 0.1) is 25.7 Å². The highest BCUT2D eigenvalue weighted by Crippen LogP contribution is 2.23. The Hall–Kier alpha value is -0.590. The van der Waals surface area contributed by atoms with Crippen LogP contribution in [0.3, 0.4) is 0 Å². The molecular formula is C16H27NO6S4. The van der Waals surface area contributed by atoms with E-state index in [4.69, 9.17) is 19.6 Å². The van der Waals surface area contributed by atoms with Crippen LogP contribution >= 0.6 is 0 Å². The van der Waals surface area contributed by atoms with E-state index >= 15 is 0 Å². The molecule has 0 heterocycles. The van der Waals surface area contributed by atoms with Crippen molar-refractivity contribution in [1.29, 1.82) is 0 Å². The number of hydrogen-bond donors (Lipinski definition) is 0. The molecule has 27 heavy (non-hydrogen) atoms. The van der Waals surface area contributed by atoms with Gasteiger partial charge in [-0.1, -0.05) is 17.3 Å². The summed E-state index contributed by atoms with van der Waals surface area (Å²) >= 11 is 5.43. The van der Waals surface area contributed by atoms with E-state index in [0.717, 1.165) is 18.2 Å². The fourth-order valence-corrected chi connectivity index (χ4v) is 3.47. The van der Waals surface area contributed by atoms with Crippen LogP contribution in [-0.4, -0.2) is 53.9 Å². The maximum Gasteiger partial charge on any atom is 0.264 e. The van der Waals surface area contributed by atoms with E-state index in [9.17, 15) is 16.8 Å². The van der Waals surface area contributed by atoms with Gasteiger partial charge in [0.2, 0.25) is 0 Å². The second-order valence-corrected chi connectivity index (χ2v) is 13.8. The Kier molecular flexibility index (Phi) is 8.40. The lowest BCUT2D eigenvalue weighted by molar-refractivity contribution is 0.306. The third-order valence-electron chi connectivity index (χ3n) is 3.75. The van der Waals surface area contributed by atoms with Crippen molar-refractivity contribution in [2.75, 3.05) is 37.3 Å². The first kappa shape index (κ1) is 24.4. The van der Waals surface area contributed by atoms with E-state index in [1.165, 1.54) is 0 Å². The predicted molar refractivity (Wildman–Crippen MR) is 114 cm³/mol. The van der Waals surface area contributed by atoms with Gasteiger partial charge in [-0.15, -0.1) is 9.45 Å². The van der Waals surface area contributed by atoms with Gasteiger partial charge >= 0.3 is 0 Å². The Labute approximate surface area is 169 Å². The van der Waals surface area contributed by atoms with Crippen LogP contribution in [0.1, 0.15) is 25.0 Å². The van der Waals surface area contributed by atoms with Gasteiger partial charge in [-0.2, -0.15) is 16.8 Å². The van der Waals surface area contributed by atoms with Crippen molar-refractivity contribution < 1.29 is 25.2 Å². The van der Waals surface area contributed by atoms with Crippen molar-refractivity contribution in [1.82, 2.24) is 0 Å². The molecule has 0 spiro atoms. The summed E-state index contributed by atoms with van der Waals surface area (Å²) in [5.41, 5.74) is 2.00. The molecule has 0 aliphatic heterocycles. The standard InChI is InChI=1S/C16H27NO6S4/c1-16(2,25(4)24)12-17(3)15-8-13(10-22-26(5,18)19)7-14(9-15)11-23-27(6,20)21/h7-9H,10-12H2,1-6H3. The normalized spacial score (nSPS) is 14.1. The Balaban J connectivity index is 3.18. The van der Waals surface area contributed by atoms with Gasteiger partial charge in [0.1, 0.15) is 0 Å². The monoisotopic (exact) mass is 457 g/mol. The van der Waals surface area contributed by atoms with Crippen LogP contribution in [0, 0.1) is 0 Å². The summed E-state index contributed by atoms with van der Waals surface area (Å²) in [7, 11) is -5.52. The molecule has 156 valence electrons. The molecule has 0 radical (unpaired) electrons. The molecule has 0 aliphatic rings. The summed E-state index contributed by atoms with van der Waals surface area (Å²) < 4.78 is 54.8. The van der Waals surface area contributed by atoms with Crippen LogP contribution in [0.15, 0.2) is 18.2 Å². The van der Waals surface area contributed by atoms with Crippen molar-refractivity contribution >= 4 is 46.6 Å². The van der Waals surface area contributed by atoms with Gasteiger partial charge in [0.15, 0.2) is 0 Å². The lowest BCUT2D eigenvalue weighted by Gasteiger charge is -2.32. The number of hydrogen-bond acceptors (Lipinski definition) is 8. The minimum atomic E-state index is -3.60. The molecule has 1 aromatic rings. The van der Waals surface area contributed by atoms with E-state index in [-0.39, 0.29) is 27.4 Å². The van der Waals surface area contributed by atoms with Crippen LogP contribution in [0.25, 0.3) is 0 Å². The van der Waals surface area contributed by atoms with E-state index in [1.54, 1.807) is 6.07 Å². The molecule has 0 amide bonds. The lowest BCUT2D eigenvalue weighted by Crippen LogP contribution is -2.39. The molecule has 0 N–H and O–H groups in total. The molecule has 1 aromatic carbocycles. The smallest absolute Gasteiger partial charge is 0.264 e. The van der Waals surface area contributed by atoms with Crippen LogP contribution < -0.4 is 4.90 Å². The van der Waals surface area contributed by atoms with Gasteiger partial charge in [-0.3, -0.25) is 8.37 Å². The third-order valence-corrected chi connectivity index (χ3v) is 7.88. The summed E-state index contributed by atoms with van der Waals surface area (Å²) in [4.78, 5) is 2.00. The molecule has 0 saturated heterocycles. The maximum atomic E-state index is 11.3. The van der Waals surface area contributed by atoms with Gasteiger partial charge in [0.25, 0.3) is 20.2 Å². The van der Waals surface area contributed by atoms with Crippen LogP contribution in [0.5, 0.6) is 0 Å².